The van der Waals surface area contributed by atoms with Crippen LogP contribution >= 0.6 is 0 Å². The second kappa shape index (κ2) is 30.1. The first kappa shape index (κ1) is 34.9. The van der Waals surface area contributed by atoms with Crippen LogP contribution in [0.4, 0.5) is 0 Å². The quantitative estimate of drug-likeness (QED) is 0.0764. The summed E-state index contributed by atoms with van der Waals surface area (Å²) in [6.45, 7) is 4.55. The van der Waals surface area contributed by atoms with Gasteiger partial charge in [0.15, 0.2) is 12.6 Å². The van der Waals surface area contributed by atoms with E-state index in [1.807, 2.05) is 0 Å². The summed E-state index contributed by atoms with van der Waals surface area (Å²) in [6, 6.07) is 0. The van der Waals surface area contributed by atoms with Crippen molar-refractivity contribution < 1.29 is 14.9 Å². The van der Waals surface area contributed by atoms with E-state index in [0.29, 0.717) is 12.8 Å². The number of rotatable bonds is 30. The van der Waals surface area contributed by atoms with E-state index in [4.69, 9.17) is 4.74 Å². The molecular weight excluding hydrogens is 432 g/mol. The van der Waals surface area contributed by atoms with Gasteiger partial charge < -0.3 is 14.9 Å². The molecule has 0 rings (SSSR count). The zero-order valence-corrected chi connectivity index (χ0v) is 24.3. The van der Waals surface area contributed by atoms with Crippen molar-refractivity contribution in [1.29, 1.82) is 0 Å². The van der Waals surface area contributed by atoms with Gasteiger partial charge in [-0.1, -0.05) is 168 Å². The number of unbranched alkanes of at least 4 members (excludes halogenated alkanes) is 24. The average molecular weight is 499 g/mol. The monoisotopic (exact) mass is 499 g/mol. The van der Waals surface area contributed by atoms with Gasteiger partial charge in [-0.2, -0.15) is 0 Å². The van der Waals surface area contributed by atoms with E-state index in [1.54, 1.807) is 0 Å². The highest BCUT2D eigenvalue weighted by molar-refractivity contribution is 4.53. The zero-order valence-electron chi connectivity index (χ0n) is 24.3. The van der Waals surface area contributed by atoms with Gasteiger partial charge in [-0.25, -0.2) is 0 Å². The number of hydrogen-bond donors (Lipinski definition) is 2. The number of ether oxygens (including phenoxy) is 1. The lowest BCUT2D eigenvalue weighted by Gasteiger charge is -2.17. The molecule has 35 heavy (non-hydrogen) atoms. The lowest BCUT2D eigenvalue weighted by atomic mass is 10.0. The van der Waals surface area contributed by atoms with E-state index in [9.17, 15) is 10.2 Å². The van der Waals surface area contributed by atoms with E-state index in [0.717, 1.165) is 25.7 Å². The van der Waals surface area contributed by atoms with Crippen LogP contribution in [0.25, 0.3) is 0 Å². The largest absolute Gasteiger partial charge is 0.368 e. The molecule has 0 fully saturated rings. The van der Waals surface area contributed by atoms with Crippen LogP contribution in [0.15, 0.2) is 0 Å². The molecule has 0 saturated carbocycles. The molecule has 0 aliphatic heterocycles. The Labute approximate surface area is 221 Å². The van der Waals surface area contributed by atoms with Gasteiger partial charge in [0.25, 0.3) is 0 Å². The predicted octanol–water partition coefficient (Wildman–Crippen LogP) is 10.6. The minimum atomic E-state index is -0.806. The highest BCUT2D eigenvalue weighted by atomic mass is 16.7. The Morgan fingerprint density at radius 3 is 0.771 bits per heavy atom. The lowest BCUT2D eigenvalue weighted by molar-refractivity contribution is -0.212. The molecule has 3 nitrogen and oxygen atoms in total. The Hall–Kier alpha value is -0.120. The summed E-state index contributed by atoms with van der Waals surface area (Å²) in [5.41, 5.74) is 0. The van der Waals surface area contributed by atoms with Crippen molar-refractivity contribution in [3.63, 3.8) is 0 Å². The van der Waals surface area contributed by atoms with E-state index < -0.39 is 12.6 Å². The summed E-state index contributed by atoms with van der Waals surface area (Å²) < 4.78 is 5.38. The molecule has 0 saturated heterocycles. The molecule has 0 spiro atoms. The fourth-order valence-electron chi connectivity index (χ4n) is 4.99. The SMILES string of the molecule is CCCCCCCCCCCCCCCC(O)OC(O)CCCCCCCCCCCCCCC. The van der Waals surface area contributed by atoms with Crippen molar-refractivity contribution in [2.75, 3.05) is 0 Å². The Morgan fingerprint density at radius 1 is 0.343 bits per heavy atom. The Morgan fingerprint density at radius 2 is 0.543 bits per heavy atom. The molecule has 0 aromatic heterocycles. The maximum Gasteiger partial charge on any atom is 0.157 e. The molecule has 0 aromatic rings. The van der Waals surface area contributed by atoms with Gasteiger partial charge in [-0.05, 0) is 25.7 Å². The normalized spacial score (nSPS) is 13.4. The second-order valence-electron chi connectivity index (χ2n) is 11.1. The van der Waals surface area contributed by atoms with Crippen molar-refractivity contribution >= 4 is 0 Å². The first-order chi connectivity index (χ1) is 17.2. The maximum absolute atomic E-state index is 10.0. The van der Waals surface area contributed by atoms with Gasteiger partial charge in [-0.3, -0.25) is 0 Å². The molecule has 2 N–H and O–H groups in total. The van der Waals surface area contributed by atoms with Crippen LogP contribution in [-0.4, -0.2) is 22.8 Å². The molecule has 3 heteroatoms. The van der Waals surface area contributed by atoms with Gasteiger partial charge in [0.2, 0.25) is 0 Å². The molecule has 212 valence electrons. The summed E-state index contributed by atoms with van der Waals surface area (Å²) in [5.74, 6) is 0. The smallest absolute Gasteiger partial charge is 0.157 e. The standard InChI is InChI=1S/C32H66O3/c1-3-5-7-9-11-13-15-17-19-21-23-25-27-29-31(33)35-32(34)30-28-26-24-22-20-18-16-14-12-10-8-6-4-2/h31-34H,3-30H2,1-2H3. The number of hydrogen-bond acceptors (Lipinski definition) is 3. The molecular formula is C32H66O3. The van der Waals surface area contributed by atoms with Gasteiger partial charge >= 0.3 is 0 Å². The average Bonchev–Trinajstić information content (AvgIpc) is 2.85. The fraction of sp³-hybridized carbons (Fsp3) is 1.00. The van der Waals surface area contributed by atoms with Gasteiger partial charge in [-0.15, -0.1) is 0 Å². The molecule has 2 unspecified atom stereocenters. The molecule has 0 aromatic carbocycles. The highest BCUT2D eigenvalue weighted by Gasteiger charge is 2.11. The maximum atomic E-state index is 10.0. The molecule has 0 aliphatic carbocycles. The first-order valence-corrected chi connectivity index (χ1v) is 16.2. The summed E-state index contributed by atoms with van der Waals surface area (Å²) in [5, 5.41) is 20.0. The predicted molar refractivity (Wildman–Crippen MR) is 154 cm³/mol. The number of aliphatic hydroxyl groups is 2. The van der Waals surface area contributed by atoms with Gasteiger partial charge in [0.1, 0.15) is 0 Å². The molecule has 0 amide bonds. The summed E-state index contributed by atoms with van der Waals surface area (Å²) >= 11 is 0. The third-order valence-corrected chi connectivity index (χ3v) is 7.42. The fourth-order valence-corrected chi connectivity index (χ4v) is 4.99. The third-order valence-electron chi connectivity index (χ3n) is 7.42. The first-order valence-electron chi connectivity index (χ1n) is 16.2. The van der Waals surface area contributed by atoms with Crippen molar-refractivity contribution in [3.8, 4) is 0 Å². The van der Waals surface area contributed by atoms with Crippen LogP contribution in [0.2, 0.25) is 0 Å². The van der Waals surface area contributed by atoms with E-state index in [1.165, 1.54) is 141 Å². The van der Waals surface area contributed by atoms with Gasteiger partial charge in [0.05, 0.1) is 0 Å². The third kappa shape index (κ3) is 30.0. The van der Waals surface area contributed by atoms with Crippen LogP contribution in [0, 0.1) is 0 Å². The zero-order chi connectivity index (χ0) is 25.7. The summed E-state index contributed by atoms with van der Waals surface area (Å²) in [6.07, 6.45) is 34.2. The van der Waals surface area contributed by atoms with E-state index >= 15 is 0 Å². The van der Waals surface area contributed by atoms with E-state index in [-0.39, 0.29) is 0 Å². The van der Waals surface area contributed by atoms with Crippen LogP contribution in [0.5, 0.6) is 0 Å². The second-order valence-corrected chi connectivity index (χ2v) is 11.1. The van der Waals surface area contributed by atoms with Crippen LogP contribution in [-0.2, 0) is 4.74 Å². The topological polar surface area (TPSA) is 49.7 Å². The molecule has 2 atom stereocenters. The van der Waals surface area contributed by atoms with Crippen molar-refractivity contribution in [2.45, 2.75) is 206 Å². The Balaban J connectivity index is 3.27. The van der Waals surface area contributed by atoms with Gasteiger partial charge in [0, 0.05) is 0 Å². The highest BCUT2D eigenvalue weighted by Crippen LogP contribution is 2.16. The van der Waals surface area contributed by atoms with Crippen molar-refractivity contribution in [1.82, 2.24) is 0 Å². The summed E-state index contributed by atoms with van der Waals surface area (Å²) in [4.78, 5) is 0. The Bertz CT molecular complexity index is 340. The van der Waals surface area contributed by atoms with E-state index in [2.05, 4.69) is 13.8 Å². The summed E-state index contributed by atoms with van der Waals surface area (Å²) in [7, 11) is 0. The van der Waals surface area contributed by atoms with Crippen LogP contribution < -0.4 is 0 Å². The molecule has 0 bridgehead atoms. The molecule has 0 heterocycles. The minimum Gasteiger partial charge on any atom is -0.368 e. The van der Waals surface area contributed by atoms with Crippen LogP contribution in [0.3, 0.4) is 0 Å². The molecule has 0 radical (unpaired) electrons. The minimum absolute atomic E-state index is 0.646. The lowest BCUT2D eigenvalue weighted by Crippen LogP contribution is -2.21. The molecule has 0 aliphatic rings. The van der Waals surface area contributed by atoms with Crippen molar-refractivity contribution in [3.05, 3.63) is 0 Å². The Kier molecular flexibility index (Phi) is 30.0. The number of aliphatic hydroxyl groups excluding tert-OH is 2. The van der Waals surface area contributed by atoms with Crippen molar-refractivity contribution in [2.24, 2.45) is 0 Å². The van der Waals surface area contributed by atoms with Crippen LogP contribution in [0.1, 0.15) is 194 Å².